The Morgan fingerprint density at radius 3 is 1.93 bits per heavy atom. The summed E-state index contributed by atoms with van der Waals surface area (Å²) in [7, 11) is 2.14. The van der Waals surface area contributed by atoms with Gasteiger partial charge in [0.15, 0.2) is 26.7 Å². The molecule has 1 heterocycles. The minimum absolute atomic E-state index is 0.322. The number of ether oxygens (including phenoxy) is 4. The zero-order chi connectivity index (χ0) is 20.5. The van der Waals surface area contributed by atoms with Gasteiger partial charge in [-0.3, -0.25) is 9.69 Å². The molecule has 3 rings (SSSR count). The van der Waals surface area contributed by atoms with Crippen LogP contribution in [0.3, 0.4) is 0 Å². The van der Waals surface area contributed by atoms with Gasteiger partial charge in [0.05, 0.1) is 34.1 Å². The third-order valence-corrected chi connectivity index (χ3v) is 6.31. The molecule has 8 nitrogen and oxygen atoms in total. The van der Waals surface area contributed by atoms with E-state index in [2.05, 4.69) is 0 Å². The first-order valence-corrected chi connectivity index (χ1v) is 10.1. The molecule has 0 saturated carbocycles. The van der Waals surface area contributed by atoms with Crippen molar-refractivity contribution in [3.05, 3.63) is 42.0 Å². The summed E-state index contributed by atoms with van der Waals surface area (Å²) in [4.78, 5) is 13.9. The summed E-state index contributed by atoms with van der Waals surface area (Å²) < 4.78 is 46.6. The Hall–Kier alpha value is -2.94. The number of hydrogen-bond donors (Lipinski definition) is 0. The molecule has 1 amide bonds. The van der Waals surface area contributed by atoms with Crippen LogP contribution in [0.25, 0.3) is 0 Å². The second-order valence-corrected chi connectivity index (χ2v) is 8.14. The van der Waals surface area contributed by atoms with E-state index >= 15 is 0 Å². The summed E-state index contributed by atoms with van der Waals surface area (Å²) in [5.74, 6) is 0.467. The number of amides is 1. The van der Waals surface area contributed by atoms with Crippen molar-refractivity contribution in [2.75, 3.05) is 39.1 Å². The third kappa shape index (κ3) is 3.33. The predicted octanol–water partition coefficient (Wildman–Crippen LogP) is 2.18. The maximum absolute atomic E-state index is 12.8. The van der Waals surface area contributed by atoms with Crippen molar-refractivity contribution < 1.29 is 32.2 Å². The van der Waals surface area contributed by atoms with Crippen molar-refractivity contribution in [3.8, 4) is 23.0 Å². The summed E-state index contributed by atoms with van der Waals surface area (Å²) in [6, 6.07) is 9.67. The Morgan fingerprint density at radius 1 is 0.893 bits per heavy atom. The minimum atomic E-state index is -3.74. The maximum atomic E-state index is 12.8. The topological polar surface area (TPSA) is 91.4 Å². The van der Waals surface area contributed by atoms with E-state index in [1.54, 1.807) is 36.4 Å². The number of hydrogen-bond acceptors (Lipinski definition) is 7. The van der Waals surface area contributed by atoms with Crippen LogP contribution in [0.15, 0.2) is 36.4 Å². The van der Waals surface area contributed by atoms with E-state index in [9.17, 15) is 13.2 Å². The molecule has 0 spiro atoms. The van der Waals surface area contributed by atoms with Gasteiger partial charge in [0.1, 0.15) is 11.5 Å². The quantitative estimate of drug-likeness (QED) is 0.725. The molecule has 1 fully saturated rings. The van der Waals surface area contributed by atoms with Crippen LogP contribution in [0.5, 0.6) is 23.0 Å². The fraction of sp³-hybridized carbons (Fsp3) is 0.316. The summed E-state index contributed by atoms with van der Waals surface area (Å²) in [6.07, 6.45) is 0. The molecular weight excluding hydrogens is 386 g/mol. The van der Waals surface area contributed by atoms with E-state index in [1.165, 1.54) is 33.3 Å². The number of carbonyl (C=O) groups is 1. The Kier molecular flexibility index (Phi) is 5.37. The van der Waals surface area contributed by atoms with Crippen molar-refractivity contribution in [2.24, 2.45) is 0 Å². The van der Waals surface area contributed by atoms with E-state index in [-0.39, 0.29) is 0 Å². The summed E-state index contributed by atoms with van der Waals surface area (Å²) >= 11 is 0. The SMILES string of the molecule is COc1ccc(C2N(c3cc(OC)c(OC)c(OC)c3)C(=O)CS2(=O)=O)cc1. The molecule has 150 valence electrons. The highest BCUT2D eigenvalue weighted by molar-refractivity contribution is 7.93. The Balaban J connectivity index is 2.16. The van der Waals surface area contributed by atoms with Gasteiger partial charge in [-0.1, -0.05) is 12.1 Å². The molecule has 0 bridgehead atoms. The van der Waals surface area contributed by atoms with Gasteiger partial charge in [-0.15, -0.1) is 0 Å². The molecule has 1 aliphatic rings. The van der Waals surface area contributed by atoms with Gasteiger partial charge < -0.3 is 18.9 Å². The molecule has 1 saturated heterocycles. The molecule has 0 radical (unpaired) electrons. The van der Waals surface area contributed by atoms with Crippen molar-refractivity contribution in [2.45, 2.75) is 5.37 Å². The monoisotopic (exact) mass is 407 g/mol. The summed E-state index contributed by atoms with van der Waals surface area (Å²) in [5, 5.41) is -1.16. The predicted molar refractivity (Wildman–Crippen MR) is 103 cm³/mol. The van der Waals surface area contributed by atoms with Crippen LogP contribution in [0.4, 0.5) is 5.69 Å². The minimum Gasteiger partial charge on any atom is -0.497 e. The lowest BCUT2D eigenvalue weighted by Gasteiger charge is -2.25. The van der Waals surface area contributed by atoms with Crippen LogP contribution >= 0.6 is 0 Å². The van der Waals surface area contributed by atoms with Crippen molar-refractivity contribution in [1.29, 1.82) is 0 Å². The zero-order valence-electron chi connectivity index (χ0n) is 16.0. The van der Waals surface area contributed by atoms with Crippen LogP contribution in [0.2, 0.25) is 0 Å². The molecule has 28 heavy (non-hydrogen) atoms. The average molecular weight is 407 g/mol. The summed E-state index contributed by atoms with van der Waals surface area (Å²) in [6.45, 7) is 0. The van der Waals surface area contributed by atoms with Gasteiger partial charge in [0.2, 0.25) is 11.7 Å². The first kappa shape index (κ1) is 19.8. The third-order valence-electron chi connectivity index (χ3n) is 4.50. The van der Waals surface area contributed by atoms with Crippen LogP contribution in [-0.4, -0.2) is 48.5 Å². The second-order valence-electron chi connectivity index (χ2n) is 6.08. The van der Waals surface area contributed by atoms with Crippen molar-refractivity contribution >= 4 is 21.4 Å². The lowest BCUT2D eigenvalue weighted by molar-refractivity contribution is -0.115. The zero-order valence-corrected chi connectivity index (χ0v) is 16.8. The molecule has 0 aliphatic carbocycles. The summed E-state index contributed by atoms with van der Waals surface area (Å²) in [5.41, 5.74) is 0.793. The lowest BCUT2D eigenvalue weighted by atomic mass is 10.1. The molecule has 0 aromatic heterocycles. The highest BCUT2D eigenvalue weighted by Gasteiger charge is 2.46. The Labute approximate surface area is 163 Å². The van der Waals surface area contributed by atoms with Gasteiger partial charge in [-0.2, -0.15) is 0 Å². The highest BCUT2D eigenvalue weighted by atomic mass is 32.2. The van der Waals surface area contributed by atoms with Gasteiger partial charge >= 0.3 is 0 Å². The van der Waals surface area contributed by atoms with E-state index in [0.717, 1.165) is 0 Å². The number of anilines is 1. The molecule has 1 aliphatic heterocycles. The molecule has 0 N–H and O–H groups in total. The van der Waals surface area contributed by atoms with Crippen LogP contribution in [0.1, 0.15) is 10.9 Å². The molecular formula is C19H21NO7S. The number of rotatable bonds is 6. The van der Waals surface area contributed by atoms with E-state index < -0.39 is 26.9 Å². The number of sulfone groups is 1. The van der Waals surface area contributed by atoms with E-state index in [0.29, 0.717) is 34.2 Å². The number of carbonyl (C=O) groups excluding carboxylic acids is 1. The van der Waals surface area contributed by atoms with E-state index in [4.69, 9.17) is 18.9 Å². The van der Waals surface area contributed by atoms with Crippen LogP contribution < -0.4 is 23.8 Å². The average Bonchev–Trinajstić information content (AvgIpc) is 2.94. The van der Waals surface area contributed by atoms with Crippen LogP contribution in [0, 0.1) is 0 Å². The first-order valence-electron chi connectivity index (χ1n) is 8.34. The fourth-order valence-electron chi connectivity index (χ4n) is 3.22. The Morgan fingerprint density at radius 2 is 1.46 bits per heavy atom. The molecule has 1 atom stereocenters. The first-order chi connectivity index (χ1) is 13.4. The van der Waals surface area contributed by atoms with E-state index in [1.807, 2.05) is 0 Å². The Bertz CT molecular complexity index is 961. The van der Waals surface area contributed by atoms with Crippen molar-refractivity contribution in [1.82, 2.24) is 0 Å². The highest BCUT2D eigenvalue weighted by Crippen LogP contribution is 2.45. The molecule has 9 heteroatoms. The maximum Gasteiger partial charge on any atom is 0.243 e. The number of benzene rings is 2. The fourth-order valence-corrected chi connectivity index (χ4v) is 5.00. The van der Waals surface area contributed by atoms with Crippen LogP contribution in [-0.2, 0) is 14.6 Å². The van der Waals surface area contributed by atoms with Gasteiger partial charge in [-0.05, 0) is 17.7 Å². The number of methoxy groups -OCH3 is 4. The number of nitrogens with zero attached hydrogens (tertiary/aromatic N) is 1. The van der Waals surface area contributed by atoms with Gasteiger partial charge in [-0.25, -0.2) is 8.42 Å². The largest absolute Gasteiger partial charge is 0.497 e. The van der Waals surface area contributed by atoms with Gasteiger partial charge in [0.25, 0.3) is 0 Å². The molecule has 1 unspecified atom stereocenters. The van der Waals surface area contributed by atoms with Gasteiger partial charge in [0, 0.05) is 12.1 Å². The molecule has 2 aromatic carbocycles. The van der Waals surface area contributed by atoms with Crippen molar-refractivity contribution in [3.63, 3.8) is 0 Å². The normalized spacial score (nSPS) is 18.1. The molecule has 2 aromatic rings. The standard InChI is InChI=1S/C19H21NO7S/c1-24-14-7-5-12(6-8-14)19-20(17(21)11-28(19,22)23)13-9-15(25-2)18(27-4)16(10-13)26-3/h5-10,19H,11H2,1-4H3. The smallest absolute Gasteiger partial charge is 0.243 e. The lowest BCUT2D eigenvalue weighted by Crippen LogP contribution is -2.29. The second kappa shape index (κ2) is 7.59.